The van der Waals surface area contributed by atoms with Crippen LogP contribution in [0.4, 0.5) is 0 Å². The van der Waals surface area contributed by atoms with Crippen LogP contribution in [-0.2, 0) is 14.8 Å². The maximum Gasteiger partial charge on any atom is 0.303 e. The zero-order valence-corrected chi connectivity index (χ0v) is 11.4. The molecule has 0 aromatic rings. The second-order valence-corrected chi connectivity index (χ2v) is 6.13. The van der Waals surface area contributed by atoms with E-state index in [1.807, 2.05) is 13.8 Å². The van der Waals surface area contributed by atoms with Gasteiger partial charge >= 0.3 is 5.97 Å². The average molecular weight is 265 g/mol. The monoisotopic (exact) mass is 265 g/mol. The first-order valence-electron chi connectivity index (χ1n) is 6.10. The van der Waals surface area contributed by atoms with E-state index in [1.165, 1.54) is 0 Å². The first-order chi connectivity index (χ1) is 7.91. The van der Waals surface area contributed by atoms with Gasteiger partial charge in [0.2, 0.25) is 10.0 Å². The van der Waals surface area contributed by atoms with Crippen molar-refractivity contribution in [3.63, 3.8) is 0 Å². The Kier molecular flexibility index (Phi) is 8.16. The lowest BCUT2D eigenvalue weighted by Gasteiger charge is -2.13. The smallest absolute Gasteiger partial charge is 0.303 e. The van der Waals surface area contributed by atoms with Crippen LogP contribution in [0, 0.1) is 5.92 Å². The van der Waals surface area contributed by atoms with E-state index in [4.69, 9.17) is 5.11 Å². The van der Waals surface area contributed by atoms with Gasteiger partial charge in [-0.15, -0.1) is 0 Å². The molecule has 0 aromatic carbocycles. The Labute approximate surface area is 104 Å². The molecule has 0 heterocycles. The number of carboxylic acid groups (broad SMARTS) is 1. The lowest BCUT2D eigenvalue weighted by atomic mass is 9.97. The number of hydrogen-bond acceptors (Lipinski definition) is 3. The molecule has 0 rings (SSSR count). The van der Waals surface area contributed by atoms with E-state index >= 15 is 0 Å². The van der Waals surface area contributed by atoms with Gasteiger partial charge in [0.15, 0.2) is 0 Å². The van der Waals surface area contributed by atoms with Crippen molar-refractivity contribution in [3.05, 3.63) is 0 Å². The number of rotatable bonds is 10. The molecule has 1 unspecified atom stereocenters. The van der Waals surface area contributed by atoms with Gasteiger partial charge in [0.1, 0.15) is 0 Å². The molecular formula is C11H23NO4S. The van der Waals surface area contributed by atoms with Crippen LogP contribution in [0.2, 0.25) is 0 Å². The Balaban J connectivity index is 3.87. The molecule has 0 radical (unpaired) electrons. The van der Waals surface area contributed by atoms with Crippen LogP contribution >= 0.6 is 0 Å². The highest BCUT2D eigenvalue weighted by Gasteiger charge is 2.12. The summed E-state index contributed by atoms with van der Waals surface area (Å²) in [6.07, 6.45) is 2.95. The van der Waals surface area contributed by atoms with E-state index in [-0.39, 0.29) is 18.1 Å². The van der Waals surface area contributed by atoms with E-state index in [9.17, 15) is 13.2 Å². The molecule has 0 aliphatic carbocycles. The summed E-state index contributed by atoms with van der Waals surface area (Å²) in [7, 11) is -3.13. The average Bonchev–Trinajstić information content (AvgIpc) is 2.22. The number of sulfonamides is 1. The summed E-state index contributed by atoms with van der Waals surface area (Å²) in [4.78, 5) is 10.4. The number of carboxylic acids is 1. The van der Waals surface area contributed by atoms with Gasteiger partial charge in [-0.3, -0.25) is 4.79 Å². The van der Waals surface area contributed by atoms with Gasteiger partial charge < -0.3 is 5.11 Å². The van der Waals surface area contributed by atoms with Crippen LogP contribution in [0.3, 0.4) is 0 Å². The lowest BCUT2D eigenvalue weighted by Crippen LogP contribution is -2.28. The second kappa shape index (κ2) is 8.47. The van der Waals surface area contributed by atoms with Gasteiger partial charge in [-0.2, -0.15) is 0 Å². The Bertz CT molecular complexity index is 313. The van der Waals surface area contributed by atoms with Crippen molar-refractivity contribution < 1.29 is 18.3 Å². The minimum atomic E-state index is -3.13. The molecule has 0 saturated heterocycles. The van der Waals surface area contributed by atoms with Gasteiger partial charge in [-0.1, -0.05) is 20.3 Å². The van der Waals surface area contributed by atoms with Gasteiger partial charge in [0.25, 0.3) is 0 Å². The number of hydrogen-bond donors (Lipinski definition) is 2. The summed E-state index contributed by atoms with van der Waals surface area (Å²) in [5.74, 6) is -0.371. The van der Waals surface area contributed by atoms with E-state index in [0.717, 1.165) is 6.42 Å². The Morgan fingerprint density at radius 1 is 1.29 bits per heavy atom. The molecule has 0 bridgehead atoms. The first-order valence-corrected chi connectivity index (χ1v) is 7.75. The fourth-order valence-electron chi connectivity index (χ4n) is 1.64. The molecular weight excluding hydrogens is 242 g/mol. The summed E-state index contributed by atoms with van der Waals surface area (Å²) in [5.41, 5.74) is 0. The molecule has 0 spiro atoms. The number of aliphatic carboxylic acids is 1. The molecule has 0 aliphatic heterocycles. The summed E-state index contributed by atoms with van der Waals surface area (Å²) in [6, 6.07) is 0. The predicted molar refractivity (Wildman–Crippen MR) is 67.3 cm³/mol. The zero-order valence-electron chi connectivity index (χ0n) is 10.6. The molecule has 2 N–H and O–H groups in total. The fraction of sp³-hybridized carbons (Fsp3) is 0.909. The molecule has 0 amide bonds. The van der Waals surface area contributed by atoms with E-state index in [1.54, 1.807) is 0 Å². The summed E-state index contributed by atoms with van der Waals surface area (Å²) < 4.78 is 25.3. The normalized spacial score (nSPS) is 13.5. The molecule has 102 valence electrons. The SMILES string of the molecule is CCCS(=O)(=O)NCCC(CC)CCC(=O)O. The minimum absolute atomic E-state index is 0.152. The second-order valence-electron chi connectivity index (χ2n) is 4.21. The van der Waals surface area contributed by atoms with Crippen molar-refractivity contribution in [2.45, 2.75) is 46.0 Å². The molecule has 17 heavy (non-hydrogen) atoms. The third kappa shape index (κ3) is 9.12. The highest BCUT2D eigenvalue weighted by Crippen LogP contribution is 2.14. The largest absolute Gasteiger partial charge is 0.481 e. The molecule has 0 fully saturated rings. The molecule has 0 aromatic heterocycles. The molecule has 1 atom stereocenters. The summed E-state index contributed by atoms with van der Waals surface area (Å²) in [5, 5.41) is 8.57. The summed E-state index contributed by atoms with van der Waals surface area (Å²) >= 11 is 0. The van der Waals surface area contributed by atoms with E-state index in [0.29, 0.717) is 25.8 Å². The maximum atomic E-state index is 11.4. The quantitative estimate of drug-likeness (QED) is 0.628. The molecule has 5 nitrogen and oxygen atoms in total. The standard InChI is InChI=1S/C11H23NO4S/c1-3-9-17(15,16)12-8-7-10(4-2)5-6-11(13)14/h10,12H,3-9H2,1-2H3,(H,13,14). The first kappa shape index (κ1) is 16.4. The minimum Gasteiger partial charge on any atom is -0.481 e. The van der Waals surface area contributed by atoms with Crippen LogP contribution in [-0.4, -0.2) is 31.8 Å². The zero-order chi connectivity index (χ0) is 13.3. The molecule has 6 heteroatoms. The van der Waals surface area contributed by atoms with Crippen LogP contribution in [0.25, 0.3) is 0 Å². The molecule has 0 saturated carbocycles. The van der Waals surface area contributed by atoms with Crippen molar-refractivity contribution in [1.82, 2.24) is 4.72 Å². The van der Waals surface area contributed by atoms with Crippen LogP contribution in [0.5, 0.6) is 0 Å². The van der Waals surface area contributed by atoms with Crippen LogP contribution < -0.4 is 4.72 Å². The maximum absolute atomic E-state index is 11.4. The number of nitrogens with one attached hydrogen (secondary N) is 1. The highest BCUT2D eigenvalue weighted by atomic mass is 32.2. The summed E-state index contributed by atoms with van der Waals surface area (Å²) in [6.45, 7) is 4.22. The Morgan fingerprint density at radius 3 is 2.41 bits per heavy atom. The molecule has 0 aliphatic rings. The van der Waals surface area contributed by atoms with Gasteiger partial charge in [-0.05, 0) is 25.2 Å². The third-order valence-corrected chi connectivity index (χ3v) is 4.28. The van der Waals surface area contributed by atoms with Crippen molar-refractivity contribution in [1.29, 1.82) is 0 Å². The van der Waals surface area contributed by atoms with Crippen molar-refractivity contribution in [2.75, 3.05) is 12.3 Å². The van der Waals surface area contributed by atoms with Crippen LogP contribution in [0.1, 0.15) is 46.0 Å². The fourth-order valence-corrected chi connectivity index (χ4v) is 2.75. The predicted octanol–water partition coefficient (Wildman–Crippen LogP) is 1.60. The number of carbonyl (C=O) groups is 1. The third-order valence-electron chi connectivity index (χ3n) is 2.69. The van der Waals surface area contributed by atoms with Crippen LogP contribution in [0.15, 0.2) is 0 Å². The van der Waals surface area contributed by atoms with E-state index < -0.39 is 16.0 Å². The Morgan fingerprint density at radius 2 is 1.94 bits per heavy atom. The van der Waals surface area contributed by atoms with Gasteiger partial charge in [-0.25, -0.2) is 13.1 Å². The van der Waals surface area contributed by atoms with Gasteiger partial charge in [0.05, 0.1) is 5.75 Å². The van der Waals surface area contributed by atoms with E-state index in [2.05, 4.69) is 4.72 Å². The topological polar surface area (TPSA) is 83.5 Å². The highest BCUT2D eigenvalue weighted by molar-refractivity contribution is 7.89. The van der Waals surface area contributed by atoms with Gasteiger partial charge in [0, 0.05) is 13.0 Å². The Hall–Kier alpha value is -0.620. The lowest BCUT2D eigenvalue weighted by molar-refractivity contribution is -0.137. The van der Waals surface area contributed by atoms with Crippen molar-refractivity contribution in [3.8, 4) is 0 Å². The van der Waals surface area contributed by atoms with Crippen molar-refractivity contribution in [2.24, 2.45) is 5.92 Å². The van der Waals surface area contributed by atoms with Crippen molar-refractivity contribution >= 4 is 16.0 Å².